The lowest BCUT2D eigenvalue weighted by molar-refractivity contribution is 0.336. The van der Waals surface area contributed by atoms with Crippen LogP contribution in [0.1, 0.15) is 27.2 Å². The van der Waals surface area contributed by atoms with E-state index in [1.54, 1.807) is 0 Å². The molecule has 1 N–H and O–H groups in total. The van der Waals surface area contributed by atoms with E-state index in [0.29, 0.717) is 23.9 Å². The second-order valence-electron chi connectivity index (χ2n) is 4.95. The maximum atomic E-state index is 8.93. The molecule has 0 aromatic heterocycles. The van der Waals surface area contributed by atoms with Crippen LogP contribution in [0.5, 0.6) is 0 Å². The van der Waals surface area contributed by atoms with Crippen molar-refractivity contribution in [2.45, 2.75) is 39.3 Å². The van der Waals surface area contributed by atoms with Crippen LogP contribution in [-0.4, -0.2) is 17.4 Å². The first-order chi connectivity index (χ1) is 7.58. The van der Waals surface area contributed by atoms with Crippen molar-refractivity contribution < 1.29 is 0 Å². The lowest BCUT2D eigenvalue weighted by Gasteiger charge is -2.30. The van der Waals surface area contributed by atoms with Crippen LogP contribution in [0.2, 0.25) is 0 Å². The van der Waals surface area contributed by atoms with Gasteiger partial charge in [-0.05, 0) is 25.2 Å². The smallest absolute Gasteiger partial charge is 0.0700 e. The van der Waals surface area contributed by atoms with E-state index in [-0.39, 0.29) is 5.92 Å². The monoisotopic (exact) mass is 284 g/mol. The zero-order chi connectivity index (χ0) is 12.1. The largest absolute Gasteiger partial charge is 0.308 e. The van der Waals surface area contributed by atoms with Gasteiger partial charge in [0.2, 0.25) is 0 Å². The highest BCUT2D eigenvalue weighted by Gasteiger charge is 2.24. The fourth-order valence-corrected chi connectivity index (χ4v) is 2.56. The summed E-state index contributed by atoms with van der Waals surface area (Å²) in [7, 11) is 0. The molecule has 5 unspecified atom stereocenters. The third kappa shape index (κ3) is 3.61. The number of allylic oxidation sites excluding steroid dienone is 1. The molecular weight excluding hydrogens is 264 g/mol. The van der Waals surface area contributed by atoms with Crippen LogP contribution >= 0.6 is 15.9 Å². The van der Waals surface area contributed by atoms with Gasteiger partial charge in [-0.25, -0.2) is 0 Å². The molecule has 0 aliphatic heterocycles. The average molecular weight is 285 g/mol. The van der Waals surface area contributed by atoms with Gasteiger partial charge in [0.1, 0.15) is 0 Å². The van der Waals surface area contributed by atoms with Gasteiger partial charge in [-0.15, -0.1) is 0 Å². The predicted molar refractivity (Wildman–Crippen MR) is 71.4 cm³/mol. The molecule has 0 amide bonds. The second kappa shape index (κ2) is 6.42. The van der Waals surface area contributed by atoms with E-state index in [4.69, 9.17) is 5.26 Å². The predicted octanol–water partition coefficient (Wildman–Crippen LogP) is 3.10. The minimum Gasteiger partial charge on any atom is -0.308 e. The van der Waals surface area contributed by atoms with Crippen molar-refractivity contribution in [1.29, 1.82) is 5.26 Å². The van der Waals surface area contributed by atoms with E-state index in [9.17, 15) is 0 Å². The minimum atomic E-state index is 0.0990. The minimum absolute atomic E-state index is 0.0990. The van der Waals surface area contributed by atoms with Gasteiger partial charge in [0.05, 0.1) is 12.0 Å². The second-order valence-corrected chi connectivity index (χ2v) is 5.59. The first-order valence-electron chi connectivity index (χ1n) is 5.98. The summed E-state index contributed by atoms with van der Waals surface area (Å²) in [5, 5.41) is 13.6. The van der Waals surface area contributed by atoms with Crippen molar-refractivity contribution in [3.63, 3.8) is 0 Å². The van der Waals surface area contributed by atoms with E-state index < -0.39 is 0 Å². The van der Waals surface area contributed by atoms with Crippen LogP contribution in [0.4, 0.5) is 0 Å². The summed E-state index contributed by atoms with van der Waals surface area (Å²) in [5.74, 6) is 1.18. The highest BCUT2D eigenvalue weighted by molar-refractivity contribution is 9.09. The normalized spacial score (nSPS) is 33.1. The van der Waals surface area contributed by atoms with Gasteiger partial charge in [0.25, 0.3) is 0 Å². The number of nitrogens with one attached hydrogen (secondary N) is 1. The van der Waals surface area contributed by atoms with Gasteiger partial charge >= 0.3 is 0 Å². The molecule has 0 aromatic carbocycles. The van der Waals surface area contributed by atoms with Crippen LogP contribution in [0, 0.1) is 29.1 Å². The highest BCUT2D eigenvalue weighted by atomic mass is 79.9. The molecule has 0 spiro atoms. The number of hydrogen-bond acceptors (Lipinski definition) is 2. The summed E-state index contributed by atoms with van der Waals surface area (Å²) in [6, 6.07) is 3.27. The third-order valence-electron chi connectivity index (χ3n) is 3.51. The Bertz CT molecular complexity index is 282. The molecule has 90 valence electrons. The highest BCUT2D eigenvalue weighted by Crippen LogP contribution is 2.24. The van der Waals surface area contributed by atoms with Gasteiger partial charge in [0.15, 0.2) is 0 Å². The average Bonchev–Trinajstić information content (AvgIpc) is 2.28. The summed E-state index contributed by atoms with van der Waals surface area (Å²) >= 11 is 3.51. The Hall–Kier alpha value is -0.330. The quantitative estimate of drug-likeness (QED) is 0.636. The molecule has 1 aliphatic carbocycles. The standard InChI is InChI=1S/C13H21BrN2/c1-9-6-13(5-4-12(9)8-15)16-11(3)10(2)7-14/h4-5,9-13,16H,6-7H2,1-3H3. The van der Waals surface area contributed by atoms with Crippen LogP contribution in [-0.2, 0) is 0 Å². The van der Waals surface area contributed by atoms with Crippen molar-refractivity contribution in [1.82, 2.24) is 5.32 Å². The van der Waals surface area contributed by atoms with Gasteiger partial charge in [-0.3, -0.25) is 0 Å². The fraction of sp³-hybridized carbons (Fsp3) is 0.769. The molecule has 5 atom stereocenters. The molecule has 1 rings (SSSR count). The summed E-state index contributed by atoms with van der Waals surface area (Å²) < 4.78 is 0. The molecule has 0 heterocycles. The molecule has 0 aromatic rings. The number of rotatable bonds is 4. The molecule has 0 saturated heterocycles. The number of nitriles is 1. The molecule has 0 radical (unpaired) electrons. The van der Waals surface area contributed by atoms with Gasteiger partial charge in [0, 0.05) is 17.4 Å². The third-order valence-corrected chi connectivity index (χ3v) is 4.53. The van der Waals surface area contributed by atoms with Crippen molar-refractivity contribution in [2.24, 2.45) is 17.8 Å². The van der Waals surface area contributed by atoms with Crippen molar-refractivity contribution in [3.05, 3.63) is 12.2 Å². The van der Waals surface area contributed by atoms with Gasteiger partial charge in [-0.2, -0.15) is 5.26 Å². The Balaban J connectivity index is 2.49. The number of halogens is 1. The molecule has 2 nitrogen and oxygen atoms in total. The summed E-state index contributed by atoms with van der Waals surface area (Å²) in [4.78, 5) is 0. The molecule has 1 aliphatic rings. The van der Waals surface area contributed by atoms with Crippen LogP contribution in [0.25, 0.3) is 0 Å². The topological polar surface area (TPSA) is 35.8 Å². The maximum Gasteiger partial charge on any atom is 0.0700 e. The first kappa shape index (κ1) is 13.7. The zero-order valence-corrected chi connectivity index (χ0v) is 11.9. The van der Waals surface area contributed by atoms with Crippen molar-refractivity contribution >= 4 is 15.9 Å². The Morgan fingerprint density at radius 1 is 1.50 bits per heavy atom. The molecule has 0 fully saturated rings. The van der Waals surface area contributed by atoms with Gasteiger partial charge in [-0.1, -0.05) is 41.9 Å². The molecular formula is C13H21BrN2. The Morgan fingerprint density at radius 3 is 2.69 bits per heavy atom. The van der Waals surface area contributed by atoms with Gasteiger partial charge < -0.3 is 5.32 Å². The van der Waals surface area contributed by atoms with E-state index >= 15 is 0 Å². The lowest BCUT2D eigenvalue weighted by Crippen LogP contribution is -2.42. The van der Waals surface area contributed by atoms with E-state index in [2.05, 4.69) is 60.2 Å². The van der Waals surface area contributed by atoms with E-state index in [0.717, 1.165) is 11.8 Å². The van der Waals surface area contributed by atoms with Crippen LogP contribution < -0.4 is 5.32 Å². The molecule has 0 saturated carbocycles. The summed E-state index contributed by atoms with van der Waals surface area (Å²) in [6.07, 6.45) is 5.27. The molecule has 16 heavy (non-hydrogen) atoms. The zero-order valence-electron chi connectivity index (χ0n) is 10.3. The lowest BCUT2D eigenvalue weighted by atomic mass is 9.83. The number of hydrogen-bond donors (Lipinski definition) is 1. The van der Waals surface area contributed by atoms with Crippen LogP contribution in [0.15, 0.2) is 12.2 Å². The SMILES string of the molecule is CC1CC(NC(C)C(C)CBr)C=CC1C#N. The first-order valence-corrected chi connectivity index (χ1v) is 7.10. The number of alkyl halides is 1. The Morgan fingerprint density at radius 2 is 2.19 bits per heavy atom. The van der Waals surface area contributed by atoms with E-state index in [1.807, 2.05) is 0 Å². The Labute approximate surface area is 107 Å². The fourth-order valence-electron chi connectivity index (χ4n) is 2.00. The molecule has 3 heteroatoms. The molecule has 0 bridgehead atoms. The number of nitrogens with zero attached hydrogens (tertiary/aromatic N) is 1. The van der Waals surface area contributed by atoms with E-state index in [1.165, 1.54) is 0 Å². The van der Waals surface area contributed by atoms with Crippen LogP contribution in [0.3, 0.4) is 0 Å². The summed E-state index contributed by atoms with van der Waals surface area (Å²) in [6.45, 7) is 6.62. The Kier molecular flexibility index (Phi) is 5.51. The maximum absolute atomic E-state index is 8.93. The summed E-state index contributed by atoms with van der Waals surface area (Å²) in [5.41, 5.74) is 0. The van der Waals surface area contributed by atoms with Crippen molar-refractivity contribution in [2.75, 3.05) is 5.33 Å². The van der Waals surface area contributed by atoms with Crippen molar-refractivity contribution in [3.8, 4) is 6.07 Å².